The molecule has 0 spiro atoms. The summed E-state index contributed by atoms with van der Waals surface area (Å²) in [4.78, 5) is 10.5. The molecule has 1 aliphatic rings. The molecule has 1 aromatic rings. The Morgan fingerprint density at radius 3 is 2.75 bits per heavy atom. The topological polar surface area (TPSA) is 41.0 Å². The normalized spacial score (nSPS) is 18.2. The average Bonchev–Trinajstić information content (AvgIpc) is 2.18. The van der Waals surface area contributed by atoms with Gasteiger partial charge in [-0.3, -0.25) is 0 Å². The molecule has 1 aliphatic carbocycles. The van der Waals surface area contributed by atoms with Crippen molar-refractivity contribution < 1.29 is 0 Å². The second-order valence-electron chi connectivity index (χ2n) is 4.55. The van der Waals surface area contributed by atoms with Gasteiger partial charge in [-0.2, -0.15) is 0 Å². The number of rotatable bonds is 4. The zero-order valence-electron chi connectivity index (χ0n) is 9.70. The standard InChI is InChI=1S/C11H17BrN4/c1-16(2)11(4-3-5-11)7-14-10-9(12)6-13-8-15-10/h6,8H,3-5,7H2,1-2H3,(H,13,14,15). The zero-order chi connectivity index (χ0) is 11.6. The Bertz CT molecular complexity index is 363. The molecule has 4 nitrogen and oxygen atoms in total. The highest BCUT2D eigenvalue weighted by Gasteiger charge is 2.38. The van der Waals surface area contributed by atoms with E-state index in [2.05, 4.69) is 50.2 Å². The first-order valence-corrected chi connectivity index (χ1v) is 6.30. The van der Waals surface area contributed by atoms with Gasteiger partial charge in [0.05, 0.1) is 4.47 Å². The minimum absolute atomic E-state index is 0.310. The first kappa shape index (κ1) is 11.8. The fourth-order valence-electron chi connectivity index (χ4n) is 2.06. The van der Waals surface area contributed by atoms with E-state index in [1.54, 1.807) is 12.5 Å². The molecule has 1 aromatic heterocycles. The van der Waals surface area contributed by atoms with E-state index in [1.165, 1.54) is 19.3 Å². The summed E-state index contributed by atoms with van der Waals surface area (Å²) in [6.45, 7) is 0.940. The van der Waals surface area contributed by atoms with Gasteiger partial charge in [-0.1, -0.05) is 0 Å². The highest BCUT2D eigenvalue weighted by molar-refractivity contribution is 9.10. The third-order valence-electron chi connectivity index (χ3n) is 3.49. The molecule has 1 saturated carbocycles. The lowest BCUT2D eigenvalue weighted by Crippen LogP contribution is -2.54. The zero-order valence-corrected chi connectivity index (χ0v) is 11.3. The Labute approximate surface area is 105 Å². The molecule has 1 heterocycles. The SMILES string of the molecule is CN(C)C1(CNc2ncncc2Br)CCC1. The molecule has 1 fully saturated rings. The number of anilines is 1. The second-order valence-corrected chi connectivity index (χ2v) is 5.40. The van der Waals surface area contributed by atoms with Crippen LogP contribution in [0.4, 0.5) is 5.82 Å². The summed E-state index contributed by atoms with van der Waals surface area (Å²) in [6.07, 6.45) is 7.17. The van der Waals surface area contributed by atoms with Gasteiger partial charge < -0.3 is 10.2 Å². The number of nitrogens with zero attached hydrogens (tertiary/aromatic N) is 3. The molecule has 0 aliphatic heterocycles. The number of nitrogens with one attached hydrogen (secondary N) is 1. The molecule has 88 valence electrons. The monoisotopic (exact) mass is 284 g/mol. The van der Waals surface area contributed by atoms with Crippen LogP contribution < -0.4 is 5.32 Å². The number of aromatic nitrogens is 2. The molecule has 2 rings (SSSR count). The van der Waals surface area contributed by atoms with Crippen molar-refractivity contribution in [2.45, 2.75) is 24.8 Å². The Kier molecular flexibility index (Phi) is 3.44. The quantitative estimate of drug-likeness (QED) is 0.920. The number of hydrogen-bond acceptors (Lipinski definition) is 4. The Morgan fingerprint density at radius 2 is 2.25 bits per heavy atom. The van der Waals surface area contributed by atoms with E-state index in [-0.39, 0.29) is 0 Å². The van der Waals surface area contributed by atoms with Crippen molar-refractivity contribution in [1.82, 2.24) is 14.9 Å². The molecule has 0 bridgehead atoms. The molecule has 1 N–H and O–H groups in total. The van der Waals surface area contributed by atoms with Crippen LogP contribution in [-0.4, -0.2) is 41.0 Å². The smallest absolute Gasteiger partial charge is 0.143 e. The van der Waals surface area contributed by atoms with Gasteiger partial charge in [0, 0.05) is 18.3 Å². The lowest BCUT2D eigenvalue weighted by atomic mass is 9.75. The van der Waals surface area contributed by atoms with Gasteiger partial charge in [0.2, 0.25) is 0 Å². The number of halogens is 1. The van der Waals surface area contributed by atoms with Crippen molar-refractivity contribution in [2.75, 3.05) is 26.0 Å². The third kappa shape index (κ3) is 2.20. The van der Waals surface area contributed by atoms with Gasteiger partial charge in [-0.15, -0.1) is 0 Å². The van der Waals surface area contributed by atoms with E-state index in [1.807, 2.05) is 0 Å². The number of likely N-dealkylation sites (N-methyl/N-ethyl adjacent to an activating group) is 1. The maximum atomic E-state index is 4.21. The minimum Gasteiger partial charge on any atom is -0.367 e. The van der Waals surface area contributed by atoms with E-state index < -0.39 is 0 Å². The molecule has 0 amide bonds. The van der Waals surface area contributed by atoms with Crippen molar-refractivity contribution in [3.63, 3.8) is 0 Å². The van der Waals surface area contributed by atoms with E-state index in [4.69, 9.17) is 0 Å². The molecule has 0 radical (unpaired) electrons. The summed E-state index contributed by atoms with van der Waals surface area (Å²) in [5.74, 6) is 0.878. The minimum atomic E-state index is 0.310. The van der Waals surface area contributed by atoms with Crippen molar-refractivity contribution in [3.8, 4) is 0 Å². The van der Waals surface area contributed by atoms with Gasteiger partial charge in [0.1, 0.15) is 12.1 Å². The summed E-state index contributed by atoms with van der Waals surface area (Å²) in [5, 5.41) is 3.40. The van der Waals surface area contributed by atoms with Crippen molar-refractivity contribution >= 4 is 21.7 Å². The van der Waals surface area contributed by atoms with Crippen LogP contribution >= 0.6 is 15.9 Å². The molecule has 0 aromatic carbocycles. The Hall–Kier alpha value is -0.680. The van der Waals surface area contributed by atoms with E-state index in [0.29, 0.717) is 5.54 Å². The van der Waals surface area contributed by atoms with Crippen LogP contribution in [-0.2, 0) is 0 Å². The molecule has 5 heteroatoms. The highest BCUT2D eigenvalue weighted by Crippen LogP contribution is 2.36. The van der Waals surface area contributed by atoms with Crippen LogP contribution in [0.25, 0.3) is 0 Å². The summed E-state index contributed by atoms with van der Waals surface area (Å²) in [7, 11) is 4.30. The van der Waals surface area contributed by atoms with Crippen LogP contribution in [0.15, 0.2) is 17.0 Å². The predicted molar refractivity (Wildman–Crippen MR) is 68.5 cm³/mol. The van der Waals surface area contributed by atoms with Gasteiger partial charge in [-0.25, -0.2) is 9.97 Å². The lowest BCUT2D eigenvalue weighted by Gasteiger charge is -2.47. The largest absolute Gasteiger partial charge is 0.367 e. The maximum absolute atomic E-state index is 4.21. The average molecular weight is 285 g/mol. The summed E-state index contributed by atoms with van der Waals surface area (Å²) >= 11 is 3.44. The van der Waals surface area contributed by atoms with E-state index in [9.17, 15) is 0 Å². The lowest BCUT2D eigenvalue weighted by molar-refractivity contribution is 0.0738. The van der Waals surface area contributed by atoms with Crippen LogP contribution in [0.2, 0.25) is 0 Å². The van der Waals surface area contributed by atoms with Crippen molar-refractivity contribution in [3.05, 3.63) is 17.0 Å². The first-order valence-electron chi connectivity index (χ1n) is 5.51. The molecule has 0 unspecified atom stereocenters. The van der Waals surface area contributed by atoms with E-state index >= 15 is 0 Å². The van der Waals surface area contributed by atoms with Crippen molar-refractivity contribution in [2.24, 2.45) is 0 Å². The first-order chi connectivity index (χ1) is 7.64. The fourth-order valence-corrected chi connectivity index (χ4v) is 2.42. The highest BCUT2D eigenvalue weighted by atomic mass is 79.9. The predicted octanol–water partition coefficient (Wildman–Crippen LogP) is 2.14. The Balaban J connectivity index is 1.99. The van der Waals surface area contributed by atoms with Crippen LogP contribution in [0.3, 0.4) is 0 Å². The summed E-state index contributed by atoms with van der Waals surface area (Å²) in [6, 6.07) is 0. The Morgan fingerprint density at radius 1 is 1.50 bits per heavy atom. The van der Waals surface area contributed by atoms with E-state index in [0.717, 1.165) is 16.8 Å². The number of hydrogen-bond donors (Lipinski definition) is 1. The van der Waals surface area contributed by atoms with Gasteiger partial charge in [0.15, 0.2) is 0 Å². The summed E-state index contributed by atoms with van der Waals surface area (Å²) in [5.41, 5.74) is 0.310. The molecule has 0 saturated heterocycles. The third-order valence-corrected chi connectivity index (χ3v) is 4.07. The van der Waals surface area contributed by atoms with Gasteiger partial charge in [-0.05, 0) is 49.3 Å². The van der Waals surface area contributed by atoms with Gasteiger partial charge in [0.25, 0.3) is 0 Å². The van der Waals surface area contributed by atoms with Crippen molar-refractivity contribution in [1.29, 1.82) is 0 Å². The molecular formula is C11H17BrN4. The fraction of sp³-hybridized carbons (Fsp3) is 0.636. The van der Waals surface area contributed by atoms with Crippen LogP contribution in [0.5, 0.6) is 0 Å². The molecule has 0 atom stereocenters. The second kappa shape index (κ2) is 4.67. The van der Waals surface area contributed by atoms with Crippen LogP contribution in [0, 0.1) is 0 Å². The van der Waals surface area contributed by atoms with Gasteiger partial charge >= 0.3 is 0 Å². The summed E-state index contributed by atoms with van der Waals surface area (Å²) < 4.78 is 0.920. The molecular weight excluding hydrogens is 268 g/mol. The van der Waals surface area contributed by atoms with Crippen LogP contribution in [0.1, 0.15) is 19.3 Å². The maximum Gasteiger partial charge on any atom is 0.143 e. The molecule has 16 heavy (non-hydrogen) atoms.